The lowest BCUT2D eigenvalue weighted by Crippen LogP contribution is -2.49. The molecule has 0 fully saturated rings. The molecule has 0 aromatic heterocycles. The number of carboxylic acid groups (broad SMARTS) is 1. The maximum absolute atomic E-state index is 13.3. The van der Waals surface area contributed by atoms with Gasteiger partial charge in [-0.3, -0.25) is 4.90 Å². The van der Waals surface area contributed by atoms with Crippen LogP contribution in [0.2, 0.25) is 0 Å². The Hall–Kier alpha value is -4.06. The molecule has 1 heterocycles. The number of nitrogens with zero attached hydrogens (tertiary/aromatic N) is 1. The lowest BCUT2D eigenvalue weighted by molar-refractivity contribution is -0.142. The Morgan fingerprint density at radius 3 is 2.17 bits per heavy atom. The van der Waals surface area contributed by atoms with Crippen molar-refractivity contribution in [1.82, 2.24) is 4.90 Å². The molecular weight excluding hydrogens is 440 g/mol. The molecule has 1 amide bonds. The maximum atomic E-state index is 13.3. The van der Waals surface area contributed by atoms with Crippen molar-refractivity contribution in [3.63, 3.8) is 0 Å². The summed E-state index contributed by atoms with van der Waals surface area (Å²) in [4.78, 5) is 26.6. The number of hydrogen-bond donors (Lipinski definition) is 2. The van der Waals surface area contributed by atoms with Gasteiger partial charge in [0.15, 0.2) is 0 Å². The highest BCUT2D eigenvalue weighted by atomic mass is 16.6. The third-order valence-electron chi connectivity index (χ3n) is 7.01. The highest BCUT2D eigenvalue weighted by Gasteiger charge is 2.37. The van der Waals surface area contributed by atoms with Gasteiger partial charge in [0.1, 0.15) is 12.6 Å². The number of fused-ring (bicyclic) bond motifs is 3. The molecule has 0 saturated carbocycles. The summed E-state index contributed by atoms with van der Waals surface area (Å²) < 4.78 is 5.79. The number of amides is 1. The van der Waals surface area contributed by atoms with Crippen LogP contribution in [0.3, 0.4) is 0 Å². The van der Waals surface area contributed by atoms with E-state index < -0.39 is 18.1 Å². The highest BCUT2D eigenvalue weighted by Crippen LogP contribution is 2.44. The van der Waals surface area contributed by atoms with E-state index in [4.69, 9.17) is 4.74 Å². The molecule has 6 nitrogen and oxygen atoms in total. The number of carboxylic acids is 1. The Morgan fingerprint density at radius 2 is 1.54 bits per heavy atom. The molecule has 3 aromatic carbocycles. The van der Waals surface area contributed by atoms with Crippen LogP contribution >= 0.6 is 0 Å². The number of aliphatic carboxylic acids is 1. The molecule has 2 aliphatic rings. The van der Waals surface area contributed by atoms with E-state index in [0.29, 0.717) is 0 Å². The van der Waals surface area contributed by atoms with Gasteiger partial charge >= 0.3 is 12.1 Å². The molecule has 0 spiro atoms. The van der Waals surface area contributed by atoms with Gasteiger partial charge in [0.25, 0.3) is 0 Å². The van der Waals surface area contributed by atoms with E-state index in [1.807, 2.05) is 62.4 Å². The topological polar surface area (TPSA) is 78.9 Å². The summed E-state index contributed by atoms with van der Waals surface area (Å²) in [7, 11) is 0. The van der Waals surface area contributed by atoms with E-state index in [-0.39, 0.29) is 25.5 Å². The van der Waals surface area contributed by atoms with Gasteiger partial charge < -0.3 is 15.2 Å². The molecule has 3 aromatic rings. The Labute approximate surface area is 204 Å². The fraction of sp³-hybridized carbons (Fsp3) is 0.241. The van der Waals surface area contributed by atoms with Crippen molar-refractivity contribution in [3.8, 4) is 11.1 Å². The second-order valence-electron chi connectivity index (χ2n) is 9.19. The van der Waals surface area contributed by atoms with Gasteiger partial charge in [0, 0.05) is 23.7 Å². The van der Waals surface area contributed by atoms with E-state index in [1.54, 1.807) is 0 Å². The summed E-state index contributed by atoms with van der Waals surface area (Å²) in [6.45, 7) is 4.21. The number of para-hydroxylation sites is 1. The van der Waals surface area contributed by atoms with E-state index in [0.717, 1.165) is 44.8 Å². The van der Waals surface area contributed by atoms with Crippen LogP contribution in [0.5, 0.6) is 0 Å². The molecule has 5 rings (SSSR count). The van der Waals surface area contributed by atoms with E-state index in [2.05, 4.69) is 29.6 Å². The van der Waals surface area contributed by atoms with Crippen LogP contribution in [0.4, 0.5) is 10.5 Å². The lowest BCUT2D eigenvalue weighted by Gasteiger charge is -2.35. The van der Waals surface area contributed by atoms with Gasteiger partial charge in [0.05, 0.1) is 6.54 Å². The molecule has 0 bridgehead atoms. The molecule has 35 heavy (non-hydrogen) atoms. The maximum Gasteiger partial charge on any atom is 0.410 e. The molecule has 1 aliphatic heterocycles. The largest absolute Gasteiger partial charge is 0.480 e. The molecule has 1 unspecified atom stereocenters. The number of aryl methyl sites for hydroxylation is 1. The van der Waals surface area contributed by atoms with Crippen LogP contribution < -0.4 is 5.32 Å². The third-order valence-corrected chi connectivity index (χ3v) is 7.01. The normalized spacial score (nSPS) is 17.1. The quantitative estimate of drug-likeness (QED) is 0.496. The van der Waals surface area contributed by atoms with Crippen LogP contribution in [0, 0.1) is 6.92 Å². The lowest BCUT2D eigenvalue weighted by atomic mass is 9.98. The molecule has 0 saturated heterocycles. The smallest absolute Gasteiger partial charge is 0.410 e. The first-order chi connectivity index (χ1) is 16.9. The molecule has 178 valence electrons. The summed E-state index contributed by atoms with van der Waals surface area (Å²) in [5, 5.41) is 13.2. The number of carbonyl (C=O) groups is 2. The monoisotopic (exact) mass is 468 g/mol. The third kappa shape index (κ3) is 4.28. The summed E-state index contributed by atoms with van der Waals surface area (Å²) >= 11 is 0. The fourth-order valence-corrected chi connectivity index (χ4v) is 5.05. The summed E-state index contributed by atoms with van der Waals surface area (Å²) in [6.07, 6.45) is -0.371. The van der Waals surface area contributed by atoms with Gasteiger partial charge in [-0.05, 0) is 53.3 Å². The zero-order valence-electron chi connectivity index (χ0n) is 19.8. The Bertz CT molecular complexity index is 1280. The molecule has 0 radical (unpaired) electrons. The van der Waals surface area contributed by atoms with Crippen LogP contribution in [0.25, 0.3) is 11.1 Å². The van der Waals surface area contributed by atoms with Gasteiger partial charge in [-0.25, -0.2) is 9.59 Å². The van der Waals surface area contributed by atoms with Crippen molar-refractivity contribution >= 4 is 17.7 Å². The number of hydrogen-bond acceptors (Lipinski definition) is 4. The average Bonchev–Trinajstić information content (AvgIpc) is 3.18. The van der Waals surface area contributed by atoms with Crippen LogP contribution in [0.15, 0.2) is 84.1 Å². The number of rotatable bonds is 5. The van der Waals surface area contributed by atoms with E-state index in [9.17, 15) is 14.7 Å². The van der Waals surface area contributed by atoms with Crippen LogP contribution in [-0.4, -0.2) is 41.3 Å². The van der Waals surface area contributed by atoms with E-state index in [1.165, 1.54) is 4.90 Å². The van der Waals surface area contributed by atoms with Crippen molar-refractivity contribution in [1.29, 1.82) is 0 Å². The predicted octanol–water partition coefficient (Wildman–Crippen LogP) is 5.79. The minimum Gasteiger partial charge on any atom is -0.480 e. The first-order valence-electron chi connectivity index (χ1n) is 11.8. The summed E-state index contributed by atoms with van der Waals surface area (Å²) in [5.74, 6) is -1.12. The minimum absolute atomic E-state index is 0.0822. The van der Waals surface area contributed by atoms with Gasteiger partial charge in [-0.1, -0.05) is 66.7 Å². The Morgan fingerprint density at radius 1 is 0.943 bits per heavy atom. The predicted molar refractivity (Wildman–Crippen MR) is 135 cm³/mol. The number of carbonyl (C=O) groups excluding carboxylic acids is 1. The van der Waals surface area contributed by atoms with E-state index >= 15 is 0 Å². The molecular formula is C29H28N2O4. The fourth-order valence-electron chi connectivity index (χ4n) is 5.05. The second kappa shape index (κ2) is 9.29. The standard InChI is InChI=1S/C29H28N2O4/c1-18-9-3-8-14-25(18)30-26-16-31(27(28(32)33)15-19(26)2)29(34)35-17-24-22-12-6-4-10-20(22)21-11-5-7-13-23(21)24/h3-14,24,27,30H,15-17H2,1-2H3,(H,32,33). The first-order valence-corrected chi connectivity index (χ1v) is 11.8. The van der Waals surface area contributed by atoms with Crippen molar-refractivity contribution in [2.75, 3.05) is 18.5 Å². The van der Waals surface area contributed by atoms with Crippen molar-refractivity contribution < 1.29 is 19.4 Å². The number of nitrogens with one attached hydrogen (secondary N) is 1. The first kappa shape index (κ1) is 22.7. The van der Waals surface area contributed by atoms with Crippen LogP contribution in [-0.2, 0) is 9.53 Å². The highest BCUT2D eigenvalue weighted by molar-refractivity contribution is 5.82. The van der Waals surface area contributed by atoms with Gasteiger partial charge in [0.2, 0.25) is 0 Å². The summed E-state index contributed by atoms with van der Waals surface area (Å²) in [6, 6.07) is 23.2. The number of benzene rings is 3. The second-order valence-corrected chi connectivity index (χ2v) is 9.19. The van der Waals surface area contributed by atoms with Crippen LogP contribution in [0.1, 0.15) is 36.0 Å². The number of ether oxygens (including phenoxy) is 1. The molecule has 6 heteroatoms. The SMILES string of the molecule is CC1=C(Nc2ccccc2C)CN(C(=O)OCC2c3ccccc3-c3ccccc32)C(C(=O)O)C1. The average molecular weight is 469 g/mol. The van der Waals surface area contributed by atoms with Crippen molar-refractivity contribution in [2.24, 2.45) is 0 Å². The van der Waals surface area contributed by atoms with Crippen molar-refractivity contribution in [2.45, 2.75) is 32.2 Å². The number of anilines is 1. The molecule has 2 N–H and O–H groups in total. The van der Waals surface area contributed by atoms with Crippen molar-refractivity contribution in [3.05, 3.63) is 101 Å². The Balaban J connectivity index is 1.35. The Kier molecular flexibility index (Phi) is 6.03. The zero-order valence-corrected chi connectivity index (χ0v) is 19.8. The molecule has 1 atom stereocenters. The molecule has 1 aliphatic carbocycles. The van der Waals surface area contributed by atoms with Gasteiger partial charge in [-0.15, -0.1) is 0 Å². The van der Waals surface area contributed by atoms with Gasteiger partial charge in [-0.2, -0.15) is 0 Å². The minimum atomic E-state index is -1.03. The zero-order chi connectivity index (χ0) is 24.5. The summed E-state index contributed by atoms with van der Waals surface area (Å²) in [5.41, 5.74) is 8.28.